The Bertz CT molecular complexity index is 273. The molecule has 3 heteroatoms. The van der Waals surface area contributed by atoms with Crippen LogP contribution in [-0.2, 0) is 0 Å². The van der Waals surface area contributed by atoms with Crippen LogP contribution in [0.25, 0.3) is 0 Å². The van der Waals surface area contributed by atoms with Crippen LogP contribution in [0.1, 0.15) is 6.92 Å². The summed E-state index contributed by atoms with van der Waals surface area (Å²) in [5, 5.41) is 3.31. The molecule has 0 aliphatic heterocycles. The number of nitrogens with zero attached hydrogens (tertiary/aromatic N) is 1. The van der Waals surface area contributed by atoms with E-state index in [1.807, 2.05) is 24.3 Å². The summed E-state index contributed by atoms with van der Waals surface area (Å²) < 4.78 is 0. The number of benzene rings is 1. The monoisotopic (exact) mass is 193 g/mol. The predicted octanol–water partition coefficient (Wildman–Crippen LogP) is 1.63. The number of hydrogen-bond acceptors (Lipinski definition) is 3. The molecular formula is C11H19N3. The van der Waals surface area contributed by atoms with Gasteiger partial charge in [-0.15, -0.1) is 0 Å². The topological polar surface area (TPSA) is 41.3 Å². The van der Waals surface area contributed by atoms with E-state index in [9.17, 15) is 0 Å². The van der Waals surface area contributed by atoms with Crippen LogP contribution >= 0.6 is 0 Å². The quantitative estimate of drug-likeness (QED) is 0.698. The van der Waals surface area contributed by atoms with Gasteiger partial charge in [-0.05, 0) is 25.7 Å². The van der Waals surface area contributed by atoms with E-state index in [0.717, 1.165) is 31.0 Å². The number of anilines is 2. The molecule has 0 heterocycles. The summed E-state index contributed by atoms with van der Waals surface area (Å²) in [6.45, 7) is 5.19. The fourth-order valence-corrected chi connectivity index (χ4v) is 1.20. The molecule has 0 spiro atoms. The minimum Gasteiger partial charge on any atom is -0.397 e. The lowest BCUT2D eigenvalue weighted by Crippen LogP contribution is -2.24. The van der Waals surface area contributed by atoms with E-state index in [4.69, 9.17) is 5.73 Å². The maximum atomic E-state index is 5.79. The first kappa shape index (κ1) is 10.9. The van der Waals surface area contributed by atoms with Gasteiger partial charge in [-0.3, -0.25) is 0 Å². The largest absolute Gasteiger partial charge is 0.397 e. The van der Waals surface area contributed by atoms with E-state index in [1.165, 1.54) is 0 Å². The highest BCUT2D eigenvalue weighted by Gasteiger charge is 1.97. The zero-order valence-electron chi connectivity index (χ0n) is 8.96. The van der Waals surface area contributed by atoms with Crippen LogP contribution in [0, 0.1) is 0 Å². The highest BCUT2D eigenvalue weighted by Crippen LogP contribution is 2.15. The van der Waals surface area contributed by atoms with Crippen molar-refractivity contribution in [3.8, 4) is 0 Å². The molecule has 0 atom stereocenters. The van der Waals surface area contributed by atoms with Crippen molar-refractivity contribution in [2.75, 3.05) is 37.7 Å². The number of rotatable bonds is 5. The number of nitrogen functional groups attached to an aromatic ring is 1. The summed E-state index contributed by atoms with van der Waals surface area (Å²) in [6, 6.07) is 7.84. The summed E-state index contributed by atoms with van der Waals surface area (Å²) >= 11 is 0. The van der Waals surface area contributed by atoms with Crippen molar-refractivity contribution in [2.45, 2.75) is 6.92 Å². The van der Waals surface area contributed by atoms with Gasteiger partial charge in [-0.25, -0.2) is 0 Å². The summed E-state index contributed by atoms with van der Waals surface area (Å²) in [5.74, 6) is 0. The molecule has 0 aliphatic carbocycles. The molecule has 0 aromatic heterocycles. The van der Waals surface area contributed by atoms with Crippen molar-refractivity contribution in [2.24, 2.45) is 0 Å². The first-order chi connectivity index (χ1) is 6.74. The van der Waals surface area contributed by atoms with E-state index in [-0.39, 0.29) is 0 Å². The smallest absolute Gasteiger partial charge is 0.0574 e. The third-order valence-electron chi connectivity index (χ3n) is 2.31. The Morgan fingerprint density at radius 1 is 1.36 bits per heavy atom. The Morgan fingerprint density at radius 3 is 2.71 bits per heavy atom. The molecule has 0 saturated heterocycles. The van der Waals surface area contributed by atoms with Crippen molar-refractivity contribution < 1.29 is 0 Å². The third-order valence-corrected chi connectivity index (χ3v) is 2.31. The van der Waals surface area contributed by atoms with Crippen LogP contribution in [0.4, 0.5) is 11.4 Å². The predicted molar refractivity (Wildman–Crippen MR) is 62.5 cm³/mol. The van der Waals surface area contributed by atoms with Gasteiger partial charge in [0.25, 0.3) is 0 Å². The molecule has 78 valence electrons. The van der Waals surface area contributed by atoms with Gasteiger partial charge < -0.3 is 16.0 Å². The molecule has 0 unspecified atom stereocenters. The van der Waals surface area contributed by atoms with Gasteiger partial charge in [0.2, 0.25) is 0 Å². The van der Waals surface area contributed by atoms with Crippen molar-refractivity contribution >= 4 is 11.4 Å². The highest BCUT2D eigenvalue weighted by molar-refractivity contribution is 5.65. The van der Waals surface area contributed by atoms with Gasteiger partial charge in [-0.2, -0.15) is 0 Å². The molecule has 1 aromatic rings. The van der Waals surface area contributed by atoms with E-state index in [1.54, 1.807) is 0 Å². The molecule has 0 amide bonds. The maximum Gasteiger partial charge on any atom is 0.0574 e. The molecule has 0 bridgehead atoms. The zero-order valence-corrected chi connectivity index (χ0v) is 8.96. The molecule has 3 nitrogen and oxygen atoms in total. The summed E-state index contributed by atoms with van der Waals surface area (Å²) in [4.78, 5) is 2.26. The van der Waals surface area contributed by atoms with Crippen LogP contribution in [0.15, 0.2) is 24.3 Å². The lowest BCUT2D eigenvalue weighted by atomic mass is 10.3. The zero-order chi connectivity index (χ0) is 10.4. The van der Waals surface area contributed by atoms with Crippen molar-refractivity contribution in [1.82, 2.24) is 4.90 Å². The molecule has 0 fully saturated rings. The van der Waals surface area contributed by atoms with E-state index in [2.05, 4.69) is 24.2 Å². The Labute approximate surface area is 85.9 Å². The molecular weight excluding hydrogens is 174 g/mol. The van der Waals surface area contributed by atoms with Gasteiger partial charge in [0, 0.05) is 13.1 Å². The second-order valence-corrected chi connectivity index (χ2v) is 3.41. The van der Waals surface area contributed by atoms with Crippen LogP contribution < -0.4 is 11.1 Å². The first-order valence-electron chi connectivity index (χ1n) is 5.01. The summed E-state index contributed by atoms with van der Waals surface area (Å²) in [5.41, 5.74) is 7.63. The van der Waals surface area contributed by atoms with Gasteiger partial charge >= 0.3 is 0 Å². The van der Waals surface area contributed by atoms with Gasteiger partial charge in [0.1, 0.15) is 0 Å². The minimum atomic E-state index is 0.812. The Balaban J connectivity index is 2.35. The minimum absolute atomic E-state index is 0.812. The van der Waals surface area contributed by atoms with Crippen LogP contribution in [0.3, 0.4) is 0 Å². The standard InChI is InChI=1S/C11H19N3/c1-3-14(2)9-8-13-11-7-5-4-6-10(11)12/h4-7,13H,3,8-9,12H2,1-2H3. The number of nitrogens with two attached hydrogens (primary N) is 1. The highest BCUT2D eigenvalue weighted by atomic mass is 15.1. The van der Waals surface area contributed by atoms with E-state index in [0.29, 0.717) is 0 Å². The normalized spacial score (nSPS) is 10.5. The van der Waals surface area contributed by atoms with Crippen molar-refractivity contribution in [3.63, 3.8) is 0 Å². The molecule has 0 saturated carbocycles. The molecule has 1 rings (SSSR count). The molecule has 0 aliphatic rings. The molecule has 3 N–H and O–H groups in total. The molecule has 1 aromatic carbocycles. The van der Waals surface area contributed by atoms with Crippen molar-refractivity contribution in [3.05, 3.63) is 24.3 Å². The number of nitrogens with one attached hydrogen (secondary N) is 1. The number of hydrogen-bond donors (Lipinski definition) is 2. The van der Waals surface area contributed by atoms with Crippen LogP contribution in [-0.4, -0.2) is 31.6 Å². The second kappa shape index (κ2) is 5.50. The Kier molecular flexibility index (Phi) is 4.26. The van der Waals surface area contributed by atoms with Gasteiger partial charge in [-0.1, -0.05) is 19.1 Å². The fraction of sp³-hybridized carbons (Fsp3) is 0.455. The Hall–Kier alpha value is -1.22. The lowest BCUT2D eigenvalue weighted by Gasteiger charge is -2.15. The Morgan fingerprint density at radius 2 is 2.07 bits per heavy atom. The number of likely N-dealkylation sites (N-methyl/N-ethyl adjacent to an activating group) is 1. The first-order valence-corrected chi connectivity index (χ1v) is 5.01. The fourth-order valence-electron chi connectivity index (χ4n) is 1.20. The van der Waals surface area contributed by atoms with Crippen molar-refractivity contribution in [1.29, 1.82) is 0 Å². The number of para-hydroxylation sites is 2. The maximum absolute atomic E-state index is 5.79. The summed E-state index contributed by atoms with van der Waals surface area (Å²) in [7, 11) is 2.11. The third kappa shape index (κ3) is 3.26. The molecule has 0 radical (unpaired) electrons. The average molecular weight is 193 g/mol. The second-order valence-electron chi connectivity index (χ2n) is 3.41. The molecule has 14 heavy (non-hydrogen) atoms. The SMILES string of the molecule is CCN(C)CCNc1ccccc1N. The van der Waals surface area contributed by atoms with Gasteiger partial charge in [0.15, 0.2) is 0 Å². The van der Waals surface area contributed by atoms with Gasteiger partial charge in [0.05, 0.1) is 11.4 Å². The average Bonchev–Trinajstić information content (AvgIpc) is 2.20. The van der Waals surface area contributed by atoms with E-state index < -0.39 is 0 Å². The van der Waals surface area contributed by atoms with Crippen LogP contribution in [0.2, 0.25) is 0 Å². The van der Waals surface area contributed by atoms with E-state index >= 15 is 0 Å². The summed E-state index contributed by atoms with van der Waals surface area (Å²) in [6.07, 6.45) is 0. The lowest BCUT2D eigenvalue weighted by molar-refractivity contribution is 0.367. The van der Waals surface area contributed by atoms with Crippen LogP contribution in [0.5, 0.6) is 0 Å².